The number of nitrogens with one attached hydrogen (secondary N) is 1. The number of nitrogens with zero attached hydrogens (tertiary/aromatic N) is 3. The lowest BCUT2D eigenvalue weighted by Crippen LogP contribution is -2.26. The van der Waals surface area contributed by atoms with Gasteiger partial charge in [-0.3, -0.25) is 4.79 Å². The SMILES string of the molecule is COc1ccccc1-c1nc(C(=O)NCc2ccnc(N3CCCCCC3)c2)cs1. The Morgan fingerprint density at radius 3 is 2.77 bits per heavy atom. The smallest absolute Gasteiger partial charge is 0.271 e. The molecule has 1 aliphatic rings. The van der Waals surface area contributed by atoms with Gasteiger partial charge in [0.25, 0.3) is 5.91 Å². The highest BCUT2D eigenvalue weighted by Crippen LogP contribution is 2.31. The Morgan fingerprint density at radius 1 is 1.17 bits per heavy atom. The summed E-state index contributed by atoms with van der Waals surface area (Å²) in [7, 11) is 1.63. The number of benzene rings is 1. The largest absolute Gasteiger partial charge is 0.496 e. The van der Waals surface area contributed by atoms with Crippen molar-refractivity contribution in [1.29, 1.82) is 0 Å². The Morgan fingerprint density at radius 2 is 1.97 bits per heavy atom. The summed E-state index contributed by atoms with van der Waals surface area (Å²) in [4.78, 5) is 24.0. The minimum absolute atomic E-state index is 0.180. The van der Waals surface area contributed by atoms with Crippen molar-refractivity contribution in [2.45, 2.75) is 32.2 Å². The number of pyridine rings is 1. The van der Waals surface area contributed by atoms with Crippen LogP contribution in [0.3, 0.4) is 0 Å². The number of carbonyl (C=O) groups excluding carboxylic acids is 1. The summed E-state index contributed by atoms with van der Waals surface area (Å²) in [5.74, 6) is 1.56. The molecule has 1 aliphatic heterocycles. The number of methoxy groups -OCH3 is 1. The van der Waals surface area contributed by atoms with Gasteiger partial charge in [0, 0.05) is 31.2 Å². The molecular weight excluding hydrogens is 396 g/mol. The second-order valence-electron chi connectivity index (χ2n) is 7.34. The van der Waals surface area contributed by atoms with Crippen molar-refractivity contribution in [3.63, 3.8) is 0 Å². The van der Waals surface area contributed by atoms with Crippen molar-refractivity contribution in [3.05, 3.63) is 59.2 Å². The predicted molar refractivity (Wildman–Crippen MR) is 120 cm³/mol. The zero-order valence-corrected chi connectivity index (χ0v) is 18.0. The van der Waals surface area contributed by atoms with E-state index in [2.05, 4.69) is 26.3 Å². The number of rotatable bonds is 6. The summed E-state index contributed by atoms with van der Waals surface area (Å²) in [5.41, 5.74) is 2.35. The monoisotopic (exact) mass is 422 g/mol. The number of carbonyl (C=O) groups is 1. The summed E-state index contributed by atoms with van der Waals surface area (Å²) in [6.45, 7) is 2.55. The van der Waals surface area contributed by atoms with Crippen LogP contribution in [0.5, 0.6) is 5.75 Å². The predicted octanol–water partition coefficient (Wildman–Crippen LogP) is 4.52. The van der Waals surface area contributed by atoms with Crippen LogP contribution < -0.4 is 15.0 Å². The molecule has 1 N–H and O–H groups in total. The molecule has 6 nitrogen and oxygen atoms in total. The molecular formula is C23H26N4O2S. The van der Waals surface area contributed by atoms with Crippen LogP contribution in [0.1, 0.15) is 41.7 Å². The maximum Gasteiger partial charge on any atom is 0.271 e. The number of anilines is 1. The highest BCUT2D eigenvalue weighted by atomic mass is 32.1. The van der Waals surface area contributed by atoms with Gasteiger partial charge < -0.3 is 15.0 Å². The van der Waals surface area contributed by atoms with Crippen molar-refractivity contribution >= 4 is 23.1 Å². The minimum atomic E-state index is -0.180. The summed E-state index contributed by atoms with van der Waals surface area (Å²) < 4.78 is 5.40. The molecule has 0 atom stereocenters. The van der Waals surface area contributed by atoms with Gasteiger partial charge in [-0.25, -0.2) is 9.97 Å². The highest BCUT2D eigenvalue weighted by molar-refractivity contribution is 7.13. The van der Waals surface area contributed by atoms with Gasteiger partial charge in [0.05, 0.1) is 12.7 Å². The average Bonchev–Trinajstić information content (AvgIpc) is 3.13. The number of hydrogen-bond acceptors (Lipinski definition) is 6. The van der Waals surface area contributed by atoms with E-state index in [1.54, 1.807) is 12.5 Å². The van der Waals surface area contributed by atoms with Crippen molar-refractivity contribution in [2.24, 2.45) is 0 Å². The van der Waals surface area contributed by atoms with Crippen molar-refractivity contribution in [3.8, 4) is 16.3 Å². The number of hydrogen-bond donors (Lipinski definition) is 1. The molecule has 0 bridgehead atoms. The Kier molecular flexibility index (Phi) is 6.59. The lowest BCUT2D eigenvalue weighted by atomic mass is 10.2. The summed E-state index contributed by atoms with van der Waals surface area (Å²) in [6.07, 6.45) is 6.82. The summed E-state index contributed by atoms with van der Waals surface area (Å²) >= 11 is 1.44. The first kappa shape index (κ1) is 20.3. The molecule has 1 amide bonds. The molecule has 0 saturated carbocycles. The Hall–Kier alpha value is -2.93. The maximum absolute atomic E-state index is 12.6. The Bertz CT molecular complexity index is 996. The van der Waals surface area contributed by atoms with Gasteiger partial charge in [-0.15, -0.1) is 11.3 Å². The molecule has 7 heteroatoms. The molecule has 0 radical (unpaired) electrons. The first-order chi connectivity index (χ1) is 14.7. The van der Waals surface area contributed by atoms with E-state index in [0.717, 1.165) is 40.8 Å². The third-order valence-electron chi connectivity index (χ3n) is 5.27. The van der Waals surface area contributed by atoms with Gasteiger partial charge in [0.2, 0.25) is 0 Å². The van der Waals surface area contributed by atoms with Gasteiger partial charge >= 0.3 is 0 Å². The second-order valence-corrected chi connectivity index (χ2v) is 8.20. The molecule has 3 heterocycles. The van der Waals surface area contributed by atoms with E-state index in [1.807, 2.05) is 36.5 Å². The van der Waals surface area contributed by atoms with Crippen molar-refractivity contribution in [2.75, 3.05) is 25.1 Å². The molecule has 0 aliphatic carbocycles. The first-order valence-corrected chi connectivity index (χ1v) is 11.2. The minimum Gasteiger partial charge on any atom is -0.496 e. The highest BCUT2D eigenvalue weighted by Gasteiger charge is 2.15. The fourth-order valence-corrected chi connectivity index (χ4v) is 4.47. The van der Waals surface area contributed by atoms with E-state index >= 15 is 0 Å². The zero-order valence-electron chi connectivity index (χ0n) is 17.1. The van der Waals surface area contributed by atoms with Crippen LogP contribution in [0.2, 0.25) is 0 Å². The normalized spacial score (nSPS) is 14.2. The van der Waals surface area contributed by atoms with Gasteiger partial charge in [0.15, 0.2) is 0 Å². The van der Waals surface area contributed by atoms with Gasteiger partial charge in [-0.2, -0.15) is 0 Å². The summed E-state index contributed by atoms with van der Waals surface area (Å²) in [5, 5.41) is 5.53. The number of aromatic nitrogens is 2. The molecule has 0 unspecified atom stereocenters. The quantitative estimate of drug-likeness (QED) is 0.632. The maximum atomic E-state index is 12.6. The van der Waals surface area contributed by atoms with Gasteiger partial charge in [-0.1, -0.05) is 25.0 Å². The van der Waals surface area contributed by atoms with E-state index in [4.69, 9.17) is 4.74 Å². The second kappa shape index (κ2) is 9.71. The van der Waals surface area contributed by atoms with E-state index in [9.17, 15) is 4.79 Å². The van der Waals surface area contributed by atoms with E-state index in [1.165, 1.54) is 37.0 Å². The van der Waals surface area contributed by atoms with Crippen LogP contribution in [0, 0.1) is 0 Å². The molecule has 30 heavy (non-hydrogen) atoms. The van der Waals surface area contributed by atoms with Crippen LogP contribution in [0.25, 0.3) is 10.6 Å². The lowest BCUT2D eigenvalue weighted by Gasteiger charge is -2.21. The molecule has 0 spiro atoms. The third-order valence-corrected chi connectivity index (χ3v) is 6.14. The van der Waals surface area contributed by atoms with Crippen molar-refractivity contribution < 1.29 is 9.53 Å². The fourth-order valence-electron chi connectivity index (χ4n) is 3.64. The number of amides is 1. The van der Waals surface area contributed by atoms with Crippen LogP contribution in [0.15, 0.2) is 48.0 Å². The zero-order chi connectivity index (χ0) is 20.8. The van der Waals surface area contributed by atoms with Crippen LogP contribution in [0.4, 0.5) is 5.82 Å². The molecule has 1 saturated heterocycles. The number of thiazole rings is 1. The molecule has 3 aromatic rings. The first-order valence-electron chi connectivity index (χ1n) is 10.3. The molecule has 1 fully saturated rings. The van der Waals surface area contributed by atoms with Crippen LogP contribution >= 0.6 is 11.3 Å². The van der Waals surface area contributed by atoms with E-state index < -0.39 is 0 Å². The Labute approximate surface area is 180 Å². The molecule has 156 valence electrons. The van der Waals surface area contributed by atoms with Crippen molar-refractivity contribution in [1.82, 2.24) is 15.3 Å². The van der Waals surface area contributed by atoms with Gasteiger partial charge in [-0.05, 0) is 42.7 Å². The standard InChI is InChI=1S/C23H26N4O2S/c1-29-20-9-5-4-8-18(20)23-26-19(16-30-23)22(28)25-15-17-10-11-24-21(14-17)27-12-6-2-3-7-13-27/h4-5,8-11,14,16H,2-3,6-7,12-13,15H2,1H3,(H,25,28). The Balaban J connectivity index is 1.40. The van der Waals surface area contributed by atoms with Crippen LogP contribution in [-0.4, -0.2) is 36.1 Å². The number of ether oxygens (including phenoxy) is 1. The van der Waals surface area contributed by atoms with E-state index in [0.29, 0.717) is 12.2 Å². The van der Waals surface area contributed by atoms with Crippen LogP contribution in [-0.2, 0) is 6.54 Å². The molecule has 2 aromatic heterocycles. The van der Waals surface area contributed by atoms with E-state index in [-0.39, 0.29) is 5.91 Å². The summed E-state index contributed by atoms with van der Waals surface area (Å²) in [6, 6.07) is 11.7. The fraction of sp³-hybridized carbons (Fsp3) is 0.348. The third kappa shape index (κ3) is 4.79. The average molecular weight is 423 g/mol. The lowest BCUT2D eigenvalue weighted by molar-refractivity contribution is 0.0946. The molecule has 4 rings (SSSR count). The van der Waals surface area contributed by atoms with Gasteiger partial charge in [0.1, 0.15) is 22.3 Å². The molecule has 1 aromatic carbocycles. The topological polar surface area (TPSA) is 67.3 Å². The number of para-hydroxylation sites is 1.